The van der Waals surface area contributed by atoms with Crippen LogP contribution in [-0.2, 0) is 0 Å². The van der Waals surface area contributed by atoms with Gasteiger partial charge in [0.2, 0.25) is 0 Å². The van der Waals surface area contributed by atoms with Gasteiger partial charge < -0.3 is 16.2 Å². The van der Waals surface area contributed by atoms with E-state index < -0.39 is 23.2 Å². The molecule has 0 saturated heterocycles. The number of phenols is 1. The standard InChI is InChI=1S/C13H10F2N2O2/c14-9-2-1-3-10(15)12(9)17-13(19)8-6-7(18)4-5-11(8)16/h1-6,18H,16H2,(H,17,19). The second-order valence-electron chi connectivity index (χ2n) is 3.82. The van der Waals surface area contributed by atoms with E-state index in [1.165, 1.54) is 18.2 Å². The molecular weight excluding hydrogens is 254 g/mol. The Bertz CT molecular complexity index is 624. The molecule has 2 aromatic rings. The van der Waals surface area contributed by atoms with Gasteiger partial charge in [0.05, 0.1) is 5.56 Å². The van der Waals surface area contributed by atoms with Crippen LogP contribution in [0, 0.1) is 11.6 Å². The molecular formula is C13H10F2N2O2. The van der Waals surface area contributed by atoms with Crippen LogP contribution in [0.2, 0.25) is 0 Å². The molecule has 4 nitrogen and oxygen atoms in total. The molecule has 0 spiro atoms. The van der Waals surface area contributed by atoms with E-state index in [9.17, 15) is 18.7 Å². The second-order valence-corrected chi connectivity index (χ2v) is 3.82. The van der Waals surface area contributed by atoms with Gasteiger partial charge in [-0.2, -0.15) is 0 Å². The molecule has 0 atom stereocenters. The van der Waals surface area contributed by atoms with Crippen molar-refractivity contribution >= 4 is 17.3 Å². The summed E-state index contributed by atoms with van der Waals surface area (Å²) in [4.78, 5) is 11.9. The minimum absolute atomic E-state index is 0.0670. The largest absolute Gasteiger partial charge is 0.508 e. The number of rotatable bonds is 2. The smallest absolute Gasteiger partial charge is 0.258 e. The number of carbonyl (C=O) groups excluding carboxylic acids is 1. The van der Waals surface area contributed by atoms with E-state index in [2.05, 4.69) is 5.32 Å². The highest BCUT2D eigenvalue weighted by Gasteiger charge is 2.15. The van der Waals surface area contributed by atoms with Crippen LogP contribution >= 0.6 is 0 Å². The third kappa shape index (κ3) is 2.62. The predicted octanol–water partition coefficient (Wildman–Crippen LogP) is 2.50. The van der Waals surface area contributed by atoms with E-state index in [1.807, 2.05) is 0 Å². The summed E-state index contributed by atoms with van der Waals surface area (Å²) in [6.45, 7) is 0. The van der Waals surface area contributed by atoms with Crippen molar-refractivity contribution in [1.82, 2.24) is 0 Å². The molecule has 0 aliphatic carbocycles. The highest BCUT2D eigenvalue weighted by atomic mass is 19.1. The summed E-state index contributed by atoms with van der Waals surface area (Å²) < 4.78 is 26.7. The first-order chi connectivity index (χ1) is 8.99. The van der Waals surface area contributed by atoms with E-state index in [4.69, 9.17) is 5.73 Å². The molecule has 19 heavy (non-hydrogen) atoms. The van der Waals surface area contributed by atoms with Crippen molar-refractivity contribution in [2.75, 3.05) is 11.1 Å². The Labute approximate surface area is 107 Å². The Morgan fingerprint density at radius 2 is 1.79 bits per heavy atom. The number of halogens is 2. The van der Waals surface area contributed by atoms with Crippen molar-refractivity contribution in [3.05, 3.63) is 53.6 Å². The molecule has 2 rings (SSSR count). The Morgan fingerprint density at radius 3 is 2.42 bits per heavy atom. The molecule has 0 fully saturated rings. The van der Waals surface area contributed by atoms with Crippen LogP contribution in [0.1, 0.15) is 10.4 Å². The van der Waals surface area contributed by atoms with Crippen LogP contribution in [0.5, 0.6) is 5.75 Å². The zero-order valence-electron chi connectivity index (χ0n) is 9.65. The Kier molecular flexibility index (Phi) is 3.33. The summed E-state index contributed by atoms with van der Waals surface area (Å²) in [5, 5.41) is 11.4. The minimum Gasteiger partial charge on any atom is -0.508 e. The van der Waals surface area contributed by atoms with Gasteiger partial charge in [0, 0.05) is 5.69 Å². The normalized spacial score (nSPS) is 10.2. The van der Waals surface area contributed by atoms with Gasteiger partial charge in [0.15, 0.2) is 0 Å². The zero-order valence-corrected chi connectivity index (χ0v) is 9.65. The maximum Gasteiger partial charge on any atom is 0.258 e. The molecule has 6 heteroatoms. The number of amides is 1. The summed E-state index contributed by atoms with van der Waals surface area (Å²) in [5.41, 5.74) is 5.02. The number of hydrogen-bond donors (Lipinski definition) is 3. The molecule has 0 bridgehead atoms. The number of para-hydroxylation sites is 1. The lowest BCUT2D eigenvalue weighted by atomic mass is 10.1. The maximum absolute atomic E-state index is 13.4. The fourth-order valence-electron chi connectivity index (χ4n) is 1.54. The quantitative estimate of drug-likeness (QED) is 0.576. The van der Waals surface area contributed by atoms with Gasteiger partial charge >= 0.3 is 0 Å². The fraction of sp³-hybridized carbons (Fsp3) is 0. The maximum atomic E-state index is 13.4. The molecule has 98 valence electrons. The molecule has 2 aromatic carbocycles. The number of nitrogens with one attached hydrogen (secondary N) is 1. The summed E-state index contributed by atoms with van der Waals surface area (Å²) in [5.74, 6) is -2.77. The lowest BCUT2D eigenvalue weighted by Gasteiger charge is -2.09. The summed E-state index contributed by atoms with van der Waals surface area (Å²) in [6.07, 6.45) is 0. The summed E-state index contributed by atoms with van der Waals surface area (Å²) in [6, 6.07) is 6.96. The van der Waals surface area contributed by atoms with Gasteiger partial charge in [-0.05, 0) is 30.3 Å². The van der Waals surface area contributed by atoms with E-state index in [1.54, 1.807) is 0 Å². The summed E-state index contributed by atoms with van der Waals surface area (Å²) >= 11 is 0. The third-order valence-corrected chi connectivity index (χ3v) is 2.48. The molecule has 0 aliphatic rings. The monoisotopic (exact) mass is 264 g/mol. The van der Waals surface area contributed by atoms with Crippen LogP contribution in [0.15, 0.2) is 36.4 Å². The number of aromatic hydroxyl groups is 1. The molecule has 0 saturated carbocycles. The van der Waals surface area contributed by atoms with Gasteiger partial charge in [-0.3, -0.25) is 4.79 Å². The molecule has 0 aromatic heterocycles. The number of anilines is 2. The number of carbonyl (C=O) groups is 1. The highest BCUT2D eigenvalue weighted by Crippen LogP contribution is 2.22. The third-order valence-electron chi connectivity index (χ3n) is 2.48. The van der Waals surface area contributed by atoms with Crippen molar-refractivity contribution in [2.45, 2.75) is 0 Å². The highest BCUT2D eigenvalue weighted by molar-refractivity contribution is 6.08. The first-order valence-corrected chi connectivity index (χ1v) is 5.33. The van der Waals surface area contributed by atoms with Crippen LogP contribution in [0.25, 0.3) is 0 Å². The minimum atomic E-state index is -0.896. The van der Waals surface area contributed by atoms with Crippen molar-refractivity contribution in [1.29, 1.82) is 0 Å². The van der Waals surface area contributed by atoms with Crippen molar-refractivity contribution in [3.63, 3.8) is 0 Å². The number of nitrogens with two attached hydrogens (primary N) is 1. The van der Waals surface area contributed by atoms with Crippen LogP contribution < -0.4 is 11.1 Å². The average molecular weight is 264 g/mol. The molecule has 1 amide bonds. The van der Waals surface area contributed by atoms with E-state index in [0.29, 0.717) is 0 Å². The fourth-order valence-corrected chi connectivity index (χ4v) is 1.54. The van der Waals surface area contributed by atoms with Crippen molar-refractivity contribution < 1.29 is 18.7 Å². The second kappa shape index (κ2) is 4.93. The van der Waals surface area contributed by atoms with Crippen LogP contribution in [0.4, 0.5) is 20.2 Å². The van der Waals surface area contributed by atoms with Gasteiger partial charge in [-0.1, -0.05) is 6.07 Å². The number of benzene rings is 2. The van der Waals surface area contributed by atoms with E-state index in [0.717, 1.165) is 18.2 Å². The predicted molar refractivity (Wildman–Crippen MR) is 66.8 cm³/mol. The zero-order chi connectivity index (χ0) is 14.0. The Morgan fingerprint density at radius 1 is 1.16 bits per heavy atom. The average Bonchev–Trinajstić information content (AvgIpc) is 2.37. The van der Waals surface area contributed by atoms with E-state index >= 15 is 0 Å². The van der Waals surface area contributed by atoms with E-state index in [-0.39, 0.29) is 17.0 Å². The molecule has 0 heterocycles. The topological polar surface area (TPSA) is 75.3 Å². The van der Waals surface area contributed by atoms with Crippen molar-refractivity contribution in [3.8, 4) is 5.75 Å². The van der Waals surface area contributed by atoms with Crippen LogP contribution in [0.3, 0.4) is 0 Å². The van der Waals surface area contributed by atoms with Crippen LogP contribution in [-0.4, -0.2) is 11.0 Å². The lowest BCUT2D eigenvalue weighted by molar-refractivity contribution is 0.102. The Balaban J connectivity index is 2.34. The van der Waals surface area contributed by atoms with Crippen molar-refractivity contribution in [2.24, 2.45) is 0 Å². The lowest BCUT2D eigenvalue weighted by Crippen LogP contribution is -2.16. The summed E-state index contributed by atoms with van der Waals surface area (Å²) in [7, 11) is 0. The molecule has 0 unspecified atom stereocenters. The SMILES string of the molecule is Nc1ccc(O)cc1C(=O)Nc1c(F)cccc1F. The Hall–Kier alpha value is -2.63. The van der Waals surface area contributed by atoms with Gasteiger partial charge in [0.25, 0.3) is 5.91 Å². The first kappa shape index (κ1) is 12.8. The van der Waals surface area contributed by atoms with Gasteiger partial charge in [-0.25, -0.2) is 8.78 Å². The number of nitrogen functional groups attached to an aromatic ring is 1. The first-order valence-electron chi connectivity index (χ1n) is 5.33. The number of hydrogen-bond acceptors (Lipinski definition) is 3. The molecule has 4 N–H and O–H groups in total. The van der Waals surface area contributed by atoms with Gasteiger partial charge in [-0.15, -0.1) is 0 Å². The molecule has 0 radical (unpaired) electrons. The number of phenolic OH excluding ortho intramolecular Hbond substituents is 1. The molecule has 0 aliphatic heterocycles. The van der Waals surface area contributed by atoms with Gasteiger partial charge in [0.1, 0.15) is 23.1 Å².